The molecule has 1 N–H and O–H groups in total. The number of thioether (sulfide) groups is 1. The van der Waals surface area contributed by atoms with E-state index in [9.17, 15) is 19.5 Å². The van der Waals surface area contributed by atoms with E-state index in [0.29, 0.717) is 44.8 Å². The molecule has 9 nitrogen and oxygen atoms in total. The molecule has 1 unspecified atom stereocenters. The second kappa shape index (κ2) is 12.6. The van der Waals surface area contributed by atoms with Crippen LogP contribution >= 0.6 is 11.8 Å². The summed E-state index contributed by atoms with van der Waals surface area (Å²) < 4.78 is 9.33. The number of hydrogen-bond donors (Lipinski definition) is 1. The zero-order chi connectivity index (χ0) is 31.8. The van der Waals surface area contributed by atoms with E-state index < -0.39 is 27.4 Å². The number of carbonyl (C=O) groups excluding carboxylic acids is 3. The zero-order valence-electron chi connectivity index (χ0n) is 26.1. The fourth-order valence-corrected chi connectivity index (χ4v) is 9.60. The predicted molar refractivity (Wildman–Crippen MR) is 176 cm³/mol. The molecule has 0 saturated carbocycles. The molecule has 2 fully saturated rings. The van der Waals surface area contributed by atoms with Crippen molar-refractivity contribution in [2.24, 2.45) is 11.8 Å². The summed E-state index contributed by atoms with van der Waals surface area (Å²) in [5.41, 5.74) is 1.46. The molecule has 0 radical (unpaired) electrons. The first-order chi connectivity index (χ1) is 21.8. The number of ether oxygens (including phenoxy) is 2. The lowest BCUT2D eigenvalue weighted by molar-refractivity contribution is -0.139. The summed E-state index contributed by atoms with van der Waals surface area (Å²) in [5.74, 6) is -0.398. The molecular formula is C35H41N3O6S. The Kier molecular flexibility index (Phi) is 8.72. The Bertz CT molecular complexity index is 1490. The number of benzene rings is 2. The minimum absolute atomic E-state index is 0.0787. The number of likely N-dealkylation sites (tertiary alicyclic amines) is 1. The summed E-state index contributed by atoms with van der Waals surface area (Å²) >= 11 is 1.58. The lowest BCUT2D eigenvalue weighted by Gasteiger charge is -2.37. The Morgan fingerprint density at radius 3 is 2.07 bits per heavy atom. The van der Waals surface area contributed by atoms with Gasteiger partial charge in [-0.2, -0.15) is 0 Å². The van der Waals surface area contributed by atoms with Crippen molar-refractivity contribution in [3.63, 3.8) is 0 Å². The summed E-state index contributed by atoms with van der Waals surface area (Å²) in [7, 11) is 1.60. The van der Waals surface area contributed by atoms with E-state index in [1.54, 1.807) is 33.6 Å². The standard InChI is InChI=1S/C35H41N3O6S/c1-4-44-27-16-12-24(13-17-27)36-21-8-18-34(2)28(31(36)40)29-32(41)38(20-6-5-7-23-39)30-33(42)37(22-9-19-35(29,30)45-34)25-10-14-26(43-3)15-11-25/h8-19,28-30,39H,4-7,20-23H2,1-3H3/t28-,29-,30?,34+,35-/m0/s1. The third kappa shape index (κ3) is 5.31. The molecule has 2 saturated heterocycles. The van der Waals surface area contributed by atoms with Gasteiger partial charge < -0.3 is 29.3 Å². The molecule has 2 aromatic rings. The minimum atomic E-state index is -0.923. The van der Waals surface area contributed by atoms with Gasteiger partial charge in [0.25, 0.3) is 5.91 Å². The van der Waals surface area contributed by atoms with Crippen molar-refractivity contribution >= 4 is 40.9 Å². The first kappa shape index (κ1) is 31.2. The summed E-state index contributed by atoms with van der Waals surface area (Å²) in [6, 6.07) is 14.1. The molecule has 1 spiro atoms. The largest absolute Gasteiger partial charge is 0.497 e. The number of aliphatic hydroxyl groups excluding tert-OH is 1. The summed E-state index contributed by atoms with van der Waals surface area (Å²) in [4.78, 5) is 49.2. The third-order valence-electron chi connectivity index (χ3n) is 9.46. The van der Waals surface area contributed by atoms with E-state index in [4.69, 9.17) is 9.47 Å². The number of carbonyl (C=O) groups is 3. The molecule has 3 amide bonds. The predicted octanol–water partition coefficient (Wildman–Crippen LogP) is 4.45. The number of anilines is 2. The van der Waals surface area contributed by atoms with Crippen molar-refractivity contribution in [3.8, 4) is 11.5 Å². The van der Waals surface area contributed by atoms with Crippen LogP contribution in [-0.4, -0.2) is 83.2 Å². The minimum Gasteiger partial charge on any atom is -0.497 e. The number of hydrogen-bond acceptors (Lipinski definition) is 7. The molecule has 5 atom stereocenters. The highest BCUT2D eigenvalue weighted by Crippen LogP contribution is 2.65. The number of fused-ring (bicyclic) bond motifs is 2. The topological polar surface area (TPSA) is 99.6 Å². The number of methoxy groups -OCH3 is 1. The van der Waals surface area contributed by atoms with Gasteiger partial charge in [0.2, 0.25) is 11.8 Å². The van der Waals surface area contributed by atoms with Gasteiger partial charge in [0.1, 0.15) is 17.5 Å². The van der Waals surface area contributed by atoms with E-state index in [1.807, 2.05) is 80.6 Å². The van der Waals surface area contributed by atoms with Gasteiger partial charge in [-0.05, 0) is 81.6 Å². The van der Waals surface area contributed by atoms with Gasteiger partial charge in [0.15, 0.2) is 0 Å². The smallest absolute Gasteiger partial charge is 0.251 e. The molecular weight excluding hydrogens is 590 g/mol. The Morgan fingerprint density at radius 1 is 0.822 bits per heavy atom. The van der Waals surface area contributed by atoms with E-state index in [1.165, 1.54) is 0 Å². The molecule has 4 heterocycles. The summed E-state index contributed by atoms with van der Waals surface area (Å²) in [6.45, 7) is 5.72. The van der Waals surface area contributed by atoms with Gasteiger partial charge in [-0.25, -0.2) is 0 Å². The quantitative estimate of drug-likeness (QED) is 0.306. The van der Waals surface area contributed by atoms with Gasteiger partial charge in [-0.3, -0.25) is 14.4 Å². The maximum atomic E-state index is 14.7. The Labute approximate surface area is 268 Å². The molecule has 0 bridgehead atoms. The van der Waals surface area contributed by atoms with Crippen molar-refractivity contribution in [3.05, 3.63) is 72.8 Å². The van der Waals surface area contributed by atoms with E-state index in [2.05, 4.69) is 6.08 Å². The Hall–Kier alpha value is -3.76. The first-order valence-electron chi connectivity index (χ1n) is 15.7. The second-order valence-electron chi connectivity index (χ2n) is 12.1. The average molecular weight is 632 g/mol. The molecule has 10 heteroatoms. The highest BCUT2D eigenvalue weighted by atomic mass is 32.2. The molecule has 45 heavy (non-hydrogen) atoms. The summed E-state index contributed by atoms with van der Waals surface area (Å²) in [5, 5.41) is 9.36. The van der Waals surface area contributed by atoms with Crippen LogP contribution in [0.5, 0.6) is 11.5 Å². The Balaban J connectivity index is 1.40. The van der Waals surface area contributed by atoms with Crippen LogP contribution in [0.15, 0.2) is 72.8 Å². The maximum absolute atomic E-state index is 14.7. The van der Waals surface area contributed by atoms with Crippen LogP contribution in [0.3, 0.4) is 0 Å². The number of nitrogens with zero attached hydrogens (tertiary/aromatic N) is 3. The van der Waals surface area contributed by atoms with Gasteiger partial charge in [0, 0.05) is 42.4 Å². The number of amides is 3. The highest BCUT2D eigenvalue weighted by molar-refractivity contribution is 8.02. The van der Waals surface area contributed by atoms with Crippen LogP contribution in [-0.2, 0) is 14.4 Å². The molecule has 0 aliphatic carbocycles. The van der Waals surface area contributed by atoms with Crippen molar-refractivity contribution in [1.82, 2.24) is 4.90 Å². The molecule has 4 aliphatic heterocycles. The van der Waals surface area contributed by atoms with E-state index >= 15 is 0 Å². The number of unbranched alkanes of at least 4 members (excludes halogenated alkanes) is 2. The zero-order valence-corrected chi connectivity index (χ0v) is 26.9. The van der Waals surface area contributed by atoms with E-state index in [-0.39, 0.29) is 24.3 Å². The average Bonchev–Trinajstić information content (AvgIpc) is 3.30. The van der Waals surface area contributed by atoms with Gasteiger partial charge in [-0.15, -0.1) is 11.8 Å². The third-order valence-corrected chi connectivity index (χ3v) is 11.3. The van der Waals surface area contributed by atoms with Crippen molar-refractivity contribution < 1.29 is 29.0 Å². The maximum Gasteiger partial charge on any atom is 0.251 e. The molecule has 0 aromatic heterocycles. The number of aliphatic hydroxyl groups is 1. The van der Waals surface area contributed by atoms with Crippen LogP contribution in [0, 0.1) is 11.8 Å². The lowest BCUT2D eigenvalue weighted by atomic mass is 9.74. The van der Waals surface area contributed by atoms with Crippen LogP contribution in [0.25, 0.3) is 0 Å². The van der Waals surface area contributed by atoms with Crippen LogP contribution in [0.1, 0.15) is 33.1 Å². The fourth-order valence-electron chi connectivity index (χ4n) is 7.45. The normalized spacial score (nSPS) is 28.9. The monoisotopic (exact) mass is 631 g/mol. The SMILES string of the molecule is CCOc1ccc(N2CC=C[C@@]3(C)S[C@]45C=CCN(c6ccc(OC)cc6)C(=O)C4N(CCCCCO)C(=O)[C@@H]5[C@H]3C2=O)cc1. The highest BCUT2D eigenvalue weighted by Gasteiger charge is 2.74. The fraction of sp³-hybridized carbons (Fsp3) is 0.457. The first-order valence-corrected chi connectivity index (χ1v) is 16.6. The van der Waals surface area contributed by atoms with Crippen LogP contribution in [0.2, 0.25) is 0 Å². The van der Waals surface area contributed by atoms with Crippen molar-refractivity contribution in [2.75, 3.05) is 49.8 Å². The molecule has 238 valence electrons. The summed E-state index contributed by atoms with van der Waals surface area (Å²) in [6.07, 6.45) is 10.1. The Morgan fingerprint density at radius 2 is 1.44 bits per heavy atom. The van der Waals surface area contributed by atoms with Gasteiger partial charge in [0.05, 0.1) is 30.3 Å². The van der Waals surface area contributed by atoms with Crippen molar-refractivity contribution in [1.29, 1.82) is 0 Å². The second-order valence-corrected chi connectivity index (χ2v) is 13.9. The molecule has 4 aliphatic rings. The number of rotatable bonds is 10. The lowest BCUT2D eigenvalue weighted by Crippen LogP contribution is -2.53. The van der Waals surface area contributed by atoms with Gasteiger partial charge >= 0.3 is 0 Å². The van der Waals surface area contributed by atoms with Crippen molar-refractivity contribution in [2.45, 2.75) is 48.6 Å². The van der Waals surface area contributed by atoms with Crippen LogP contribution in [0.4, 0.5) is 11.4 Å². The van der Waals surface area contributed by atoms with Crippen LogP contribution < -0.4 is 19.3 Å². The molecule has 2 aromatic carbocycles. The van der Waals surface area contributed by atoms with Gasteiger partial charge in [-0.1, -0.05) is 24.3 Å². The van der Waals surface area contributed by atoms with E-state index in [0.717, 1.165) is 23.5 Å². The molecule has 6 rings (SSSR count).